The molecule has 0 amide bonds. The molecule has 1 aromatic heterocycles. The highest BCUT2D eigenvalue weighted by Crippen LogP contribution is 2.33. The van der Waals surface area contributed by atoms with Crippen molar-refractivity contribution in [2.75, 3.05) is 5.32 Å². The molecule has 1 heterocycles. The van der Waals surface area contributed by atoms with E-state index >= 15 is 0 Å². The molecule has 0 radical (unpaired) electrons. The third kappa shape index (κ3) is 3.69. The van der Waals surface area contributed by atoms with Gasteiger partial charge in [0.15, 0.2) is 0 Å². The van der Waals surface area contributed by atoms with Crippen LogP contribution in [-0.4, -0.2) is 21.0 Å². The Morgan fingerprint density at radius 1 is 1.18 bits per heavy atom. The van der Waals surface area contributed by atoms with Gasteiger partial charge in [0.1, 0.15) is 6.33 Å². The highest BCUT2D eigenvalue weighted by molar-refractivity contribution is 5.61. The summed E-state index contributed by atoms with van der Waals surface area (Å²) < 4.78 is 5.40. The summed E-state index contributed by atoms with van der Waals surface area (Å²) >= 11 is 0. The second kappa shape index (κ2) is 6.84. The van der Waals surface area contributed by atoms with Crippen molar-refractivity contribution in [2.24, 2.45) is 0 Å². The highest BCUT2D eigenvalue weighted by Gasteiger charge is 2.26. The predicted molar refractivity (Wildman–Crippen MR) is 82.9 cm³/mol. The summed E-state index contributed by atoms with van der Waals surface area (Å²) in [5.41, 5.74) is 0.751. The van der Waals surface area contributed by atoms with Crippen LogP contribution in [0.1, 0.15) is 32.4 Å². The van der Waals surface area contributed by atoms with Crippen molar-refractivity contribution in [2.45, 2.75) is 32.9 Å². The van der Waals surface area contributed by atoms with Crippen LogP contribution in [0.2, 0.25) is 0 Å². The number of nitrogens with one attached hydrogen (secondary N) is 1. The summed E-state index contributed by atoms with van der Waals surface area (Å²) in [6, 6.07) is 9.48. The fraction of sp³-hybridized carbons (Fsp3) is 0.333. The van der Waals surface area contributed by atoms with E-state index in [1.807, 2.05) is 37.3 Å². The number of hydrogen-bond donors (Lipinski definition) is 1. The number of aromatic nitrogens is 2. The maximum atomic E-state index is 11.3. The second-order valence-corrected chi connectivity index (χ2v) is 5.08. The summed E-state index contributed by atoms with van der Waals surface area (Å²) in [4.78, 5) is 18.7. The standard InChI is InChI=1S/C15H18N4O3/c1-10(2)22-15-13(19(20)21)14(16-9-17-15)18-11(3)12-7-5-4-6-8-12/h4-11H,1-3H3,(H,16,17,18). The van der Waals surface area contributed by atoms with E-state index in [2.05, 4.69) is 15.3 Å². The van der Waals surface area contributed by atoms with Gasteiger partial charge >= 0.3 is 5.69 Å². The highest BCUT2D eigenvalue weighted by atomic mass is 16.6. The smallest absolute Gasteiger partial charge is 0.372 e. The van der Waals surface area contributed by atoms with E-state index in [0.717, 1.165) is 5.56 Å². The van der Waals surface area contributed by atoms with Gasteiger partial charge < -0.3 is 10.1 Å². The molecule has 1 aromatic carbocycles. The molecule has 7 nitrogen and oxygen atoms in total. The van der Waals surface area contributed by atoms with Gasteiger partial charge in [-0.15, -0.1) is 0 Å². The Morgan fingerprint density at radius 3 is 2.45 bits per heavy atom. The van der Waals surface area contributed by atoms with Crippen molar-refractivity contribution in [3.63, 3.8) is 0 Å². The zero-order valence-electron chi connectivity index (χ0n) is 12.7. The summed E-state index contributed by atoms with van der Waals surface area (Å²) in [5, 5.41) is 14.4. The minimum atomic E-state index is -0.530. The van der Waals surface area contributed by atoms with Crippen molar-refractivity contribution >= 4 is 11.5 Å². The lowest BCUT2D eigenvalue weighted by Crippen LogP contribution is -2.13. The molecule has 7 heteroatoms. The monoisotopic (exact) mass is 302 g/mol. The molecule has 0 aliphatic heterocycles. The molecule has 22 heavy (non-hydrogen) atoms. The normalized spacial score (nSPS) is 12.0. The van der Waals surface area contributed by atoms with Crippen LogP contribution in [0.15, 0.2) is 36.7 Å². The molecule has 0 fully saturated rings. The van der Waals surface area contributed by atoms with Crippen LogP contribution in [0, 0.1) is 10.1 Å². The van der Waals surface area contributed by atoms with E-state index in [-0.39, 0.29) is 29.5 Å². The molecule has 0 saturated heterocycles. The van der Waals surface area contributed by atoms with Crippen LogP contribution in [-0.2, 0) is 0 Å². The van der Waals surface area contributed by atoms with Crippen molar-refractivity contribution in [3.05, 3.63) is 52.3 Å². The molecular weight excluding hydrogens is 284 g/mol. The Hall–Kier alpha value is -2.70. The van der Waals surface area contributed by atoms with Crippen molar-refractivity contribution in [1.29, 1.82) is 0 Å². The summed E-state index contributed by atoms with van der Waals surface area (Å²) in [5.74, 6) is 0.116. The van der Waals surface area contributed by atoms with Crippen LogP contribution in [0.25, 0.3) is 0 Å². The van der Waals surface area contributed by atoms with Crippen LogP contribution < -0.4 is 10.1 Å². The van der Waals surface area contributed by atoms with Crippen molar-refractivity contribution in [3.8, 4) is 5.88 Å². The van der Waals surface area contributed by atoms with Crippen molar-refractivity contribution < 1.29 is 9.66 Å². The number of hydrogen-bond acceptors (Lipinski definition) is 6. The molecule has 0 spiro atoms. The fourth-order valence-electron chi connectivity index (χ4n) is 1.97. The van der Waals surface area contributed by atoms with Gasteiger partial charge in [0.2, 0.25) is 5.82 Å². The number of rotatable bonds is 6. The zero-order valence-corrected chi connectivity index (χ0v) is 12.7. The maximum Gasteiger partial charge on any atom is 0.372 e. The summed E-state index contributed by atoms with van der Waals surface area (Å²) in [6.45, 7) is 5.47. The van der Waals surface area contributed by atoms with Gasteiger partial charge in [0.05, 0.1) is 17.1 Å². The van der Waals surface area contributed by atoms with Crippen LogP contribution >= 0.6 is 0 Å². The molecule has 0 aliphatic carbocycles. The quantitative estimate of drug-likeness (QED) is 0.650. The number of nitro groups is 1. The molecule has 116 valence electrons. The van der Waals surface area contributed by atoms with Crippen LogP contribution in [0.3, 0.4) is 0 Å². The topological polar surface area (TPSA) is 90.2 Å². The van der Waals surface area contributed by atoms with E-state index in [1.165, 1.54) is 6.33 Å². The Balaban J connectivity index is 2.32. The summed E-state index contributed by atoms with van der Waals surface area (Å²) in [7, 11) is 0. The first-order chi connectivity index (χ1) is 10.5. The van der Waals surface area contributed by atoms with Gasteiger partial charge in [-0.1, -0.05) is 30.3 Å². The van der Waals surface area contributed by atoms with Gasteiger partial charge in [-0.3, -0.25) is 10.1 Å². The molecule has 2 aromatic rings. The fourth-order valence-corrected chi connectivity index (χ4v) is 1.97. The maximum absolute atomic E-state index is 11.3. The molecule has 1 unspecified atom stereocenters. The Kier molecular flexibility index (Phi) is 4.88. The van der Waals surface area contributed by atoms with Crippen LogP contribution in [0.5, 0.6) is 5.88 Å². The first-order valence-corrected chi connectivity index (χ1v) is 6.96. The van der Waals surface area contributed by atoms with E-state index < -0.39 is 4.92 Å². The summed E-state index contributed by atoms with van der Waals surface area (Å²) in [6.07, 6.45) is 1.04. The molecule has 1 N–H and O–H groups in total. The Bertz CT molecular complexity index is 646. The number of nitrogens with zero attached hydrogens (tertiary/aromatic N) is 3. The second-order valence-electron chi connectivity index (χ2n) is 5.08. The lowest BCUT2D eigenvalue weighted by Gasteiger charge is -2.16. The molecule has 1 atom stereocenters. The average Bonchev–Trinajstić information content (AvgIpc) is 2.47. The van der Waals surface area contributed by atoms with Crippen LogP contribution in [0.4, 0.5) is 11.5 Å². The van der Waals surface area contributed by atoms with Gasteiger partial charge in [-0.25, -0.2) is 4.98 Å². The van der Waals surface area contributed by atoms with Gasteiger partial charge in [0.25, 0.3) is 5.88 Å². The zero-order chi connectivity index (χ0) is 16.1. The molecule has 2 rings (SSSR count). The number of benzene rings is 1. The minimum absolute atomic E-state index is 0.0299. The lowest BCUT2D eigenvalue weighted by atomic mass is 10.1. The van der Waals surface area contributed by atoms with E-state index in [0.29, 0.717) is 0 Å². The molecular formula is C15H18N4O3. The largest absolute Gasteiger partial charge is 0.470 e. The molecule has 0 saturated carbocycles. The van der Waals surface area contributed by atoms with Crippen molar-refractivity contribution in [1.82, 2.24) is 9.97 Å². The Morgan fingerprint density at radius 2 is 1.86 bits per heavy atom. The van der Waals surface area contributed by atoms with Gasteiger partial charge in [-0.2, -0.15) is 4.98 Å². The Labute approximate surface area is 128 Å². The lowest BCUT2D eigenvalue weighted by molar-refractivity contribution is -0.385. The van der Waals surface area contributed by atoms with Gasteiger partial charge in [0, 0.05) is 0 Å². The SMILES string of the molecule is CC(C)Oc1ncnc(NC(C)c2ccccc2)c1[N+](=O)[O-]. The average molecular weight is 302 g/mol. The number of anilines is 1. The van der Waals surface area contributed by atoms with E-state index in [4.69, 9.17) is 4.74 Å². The predicted octanol–water partition coefficient (Wildman–Crippen LogP) is 3.35. The third-order valence-electron chi connectivity index (χ3n) is 2.97. The first-order valence-electron chi connectivity index (χ1n) is 6.96. The van der Waals surface area contributed by atoms with Gasteiger partial charge in [-0.05, 0) is 26.3 Å². The van der Waals surface area contributed by atoms with E-state index in [9.17, 15) is 10.1 Å². The minimum Gasteiger partial charge on any atom is -0.470 e. The van der Waals surface area contributed by atoms with E-state index in [1.54, 1.807) is 13.8 Å². The first kappa shape index (κ1) is 15.7. The number of ether oxygens (including phenoxy) is 1. The third-order valence-corrected chi connectivity index (χ3v) is 2.97. The molecule has 0 aliphatic rings. The molecule has 0 bridgehead atoms.